The summed E-state index contributed by atoms with van der Waals surface area (Å²) in [5, 5.41) is 2.21. The van der Waals surface area contributed by atoms with E-state index in [9.17, 15) is 0 Å². The summed E-state index contributed by atoms with van der Waals surface area (Å²) >= 11 is 1.89. The van der Waals surface area contributed by atoms with Crippen LogP contribution in [0.15, 0.2) is 35.7 Å². The normalized spacial score (nSPS) is 18.6. The lowest BCUT2D eigenvalue weighted by Crippen LogP contribution is -2.42. The summed E-state index contributed by atoms with van der Waals surface area (Å²) in [6.07, 6.45) is 1.15. The molecule has 1 aromatic heterocycles. The number of nitrogens with zero attached hydrogens (tertiary/aromatic N) is 1. The fourth-order valence-corrected chi connectivity index (χ4v) is 4.13. The van der Waals surface area contributed by atoms with E-state index in [0.717, 1.165) is 19.5 Å². The van der Waals surface area contributed by atoms with Crippen LogP contribution in [0.25, 0.3) is 0 Å². The summed E-state index contributed by atoms with van der Waals surface area (Å²) in [4.78, 5) is 4.09. The van der Waals surface area contributed by atoms with Gasteiger partial charge in [-0.05, 0) is 48.4 Å². The van der Waals surface area contributed by atoms with Gasteiger partial charge in [0.2, 0.25) is 0 Å². The maximum absolute atomic E-state index is 6.32. The lowest BCUT2D eigenvalue weighted by Gasteiger charge is -2.37. The second kappa shape index (κ2) is 5.68. The van der Waals surface area contributed by atoms with Crippen LogP contribution >= 0.6 is 11.3 Å². The summed E-state index contributed by atoms with van der Waals surface area (Å²) in [6, 6.07) is 11.3. The lowest BCUT2D eigenvalue weighted by molar-refractivity contribution is 0.160. The van der Waals surface area contributed by atoms with Crippen LogP contribution in [0.5, 0.6) is 0 Å². The minimum atomic E-state index is 0.135. The first-order chi connectivity index (χ1) is 9.66. The van der Waals surface area contributed by atoms with Crippen LogP contribution in [0, 0.1) is 6.92 Å². The van der Waals surface area contributed by atoms with Gasteiger partial charge in [0.15, 0.2) is 0 Å². The second-order valence-corrected chi connectivity index (χ2v) is 6.75. The molecule has 2 unspecified atom stereocenters. The van der Waals surface area contributed by atoms with E-state index in [4.69, 9.17) is 5.73 Å². The zero-order valence-electron chi connectivity index (χ0n) is 12.2. The Hall–Kier alpha value is -1.16. The van der Waals surface area contributed by atoms with Crippen LogP contribution < -0.4 is 5.73 Å². The average molecular weight is 286 g/mol. The molecule has 1 aliphatic rings. The molecule has 0 aliphatic carbocycles. The van der Waals surface area contributed by atoms with E-state index in [1.54, 1.807) is 4.88 Å². The molecular formula is C17H22N2S. The number of thiophene rings is 1. The van der Waals surface area contributed by atoms with Gasteiger partial charge in [0.05, 0.1) is 6.04 Å². The Balaban J connectivity index is 1.91. The van der Waals surface area contributed by atoms with E-state index in [1.807, 2.05) is 11.3 Å². The molecule has 2 heterocycles. The fourth-order valence-electron chi connectivity index (χ4n) is 3.24. The minimum Gasteiger partial charge on any atom is -0.326 e. The molecule has 0 fully saturated rings. The molecule has 0 spiro atoms. The fraction of sp³-hybridized carbons (Fsp3) is 0.412. The molecule has 1 aromatic carbocycles. The molecule has 0 bridgehead atoms. The van der Waals surface area contributed by atoms with Gasteiger partial charge in [-0.25, -0.2) is 0 Å². The van der Waals surface area contributed by atoms with Crippen LogP contribution in [-0.4, -0.2) is 17.5 Å². The molecule has 3 heteroatoms. The van der Waals surface area contributed by atoms with Crippen LogP contribution in [0.1, 0.15) is 34.5 Å². The maximum Gasteiger partial charge on any atom is 0.0502 e. The quantitative estimate of drug-likeness (QED) is 0.935. The lowest BCUT2D eigenvalue weighted by atomic mass is 9.93. The van der Waals surface area contributed by atoms with E-state index in [2.05, 4.69) is 54.5 Å². The number of hydrogen-bond donors (Lipinski definition) is 1. The van der Waals surface area contributed by atoms with Crippen molar-refractivity contribution in [2.45, 2.75) is 38.9 Å². The summed E-state index contributed by atoms with van der Waals surface area (Å²) in [5.41, 5.74) is 10.5. The first-order valence-electron chi connectivity index (χ1n) is 7.27. The Morgan fingerprint density at radius 2 is 2.05 bits per heavy atom. The van der Waals surface area contributed by atoms with Crippen LogP contribution in [0.3, 0.4) is 0 Å². The molecule has 0 saturated carbocycles. The average Bonchev–Trinajstić information content (AvgIpc) is 2.88. The van der Waals surface area contributed by atoms with Gasteiger partial charge in [-0.3, -0.25) is 4.90 Å². The number of hydrogen-bond acceptors (Lipinski definition) is 3. The Labute approximate surface area is 125 Å². The van der Waals surface area contributed by atoms with E-state index in [0.29, 0.717) is 6.04 Å². The Bertz CT molecular complexity index is 588. The standard InChI is InChI=1S/C17H22N2S/c1-12-5-3-4-6-15(12)17(13(2)18)19-9-7-16-14(11-19)8-10-20-16/h3-6,8,10,13,17H,7,9,11,18H2,1-2H3. The first kappa shape index (κ1) is 13.8. The number of fused-ring (bicyclic) bond motifs is 1. The van der Waals surface area contributed by atoms with Gasteiger partial charge >= 0.3 is 0 Å². The Morgan fingerprint density at radius 1 is 1.25 bits per heavy atom. The topological polar surface area (TPSA) is 29.3 Å². The van der Waals surface area contributed by atoms with Gasteiger partial charge in [0.25, 0.3) is 0 Å². The van der Waals surface area contributed by atoms with Crippen LogP contribution in [-0.2, 0) is 13.0 Å². The summed E-state index contributed by atoms with van der Waals surface area (Å²) in [5.74, 6) is 0. The third kappa shape index (κ3) is 2.53. The first-order valence-corrected chi connectivity index (χ1v) is 8.15. The van der Waals surface area contributed by atoms with E-state index in [-0.39, 0.29) is 6.04 Å². The molecule has 0 saturated heterocycles. The van der Waals surface area contributed by atoms with Crippen LogP contribution in [0.2, 0.25) is 0 Å². The molecule has 2 nitrogen and oxygen atoms in total. The molecule has 3 rings (SSSR count). The summed E-state index contributed by atoms with van der Waals surface area (Å²) in [6.45, 7) is 6.44. The molecule has 0 radical (unpaired) electrons. The van der Waals surface area contributed by atoms with Crippen molar-refractivity contribution in [1.82, 2.24) is 4.90 Å². The highest BCUT2D eigenvalue weighted by Crippen LogP contribution is 2.32. The molecule has 2 atom stereocenters. The van der Waals surface area contributed by atoms with Crippen molar-refractivity contribution < 1.29 is 0 Å². The van der Waals surface area contributed by atoms with Crippen molar-refractivity contribution in [3.8, 4) is 0 Å². The van der Waals surface area contributed by atoms with Crippen molar-refractivity contribution in [2.24, 2.45) is 5.73 Å². The van der Waals surface area contributed by atoms with E-state index < -0.39 is 0 Å². The molecule has 2 N–H and O–H groups in total. The minimum absolute atomic E-state index is 0.135. The number of rotatable bonds is 3. The summed E-state index contributed by atoms with van der Waals surface area (Å²) < 4.78 is 0. The second-order valence-electron chi connectivity index (χ2n) is 5.75. The Kier molecular flexibility index (Phi) is 3.92. The SMILES string of the molecule is Cc1ccccc1C(C(C)N)N1CCc2sccc2C1. The van der Waals surface area contributed by atoms with Gasteiger partial charge in [-0.15, -0.1) is 11.3 Å². The van der Waals surface area contributed by atoms with Gasteiger partial charge in [0.1, 0.15) is 0 Å². The maximum atomic E-state index is 6.32. The highest BCUT2D eigenvalue weighted by atomic mass is 32.1. The van der Waals surface area contributed by atoms with Crippen molar-refractivity contribution in [2.75, 3.05) is 6.54 Å². The molecule has 1 aliphatic heterocycles. The van der Waals surface area contributed by atoms with E-state index in [1.165, 1.54) is 16.7 Å². The van der Waals surface area contributed by atoms with Crippen molar-refractivity contribution in [3.05, 3.63) is 57.3 Å². The number of nitrogens with two attached hydrogens (primary N) is 1. The predicted molar refractivity (Wildman–Crippen MR) is 86.0 cm³/mol. The molecule has 106 valence electrons. The largest absolute Gasteiger partial charge is 0.326 e. The van der Waals surface area contributed by atoms with Crippen LogP contribution in [0.4, 0.5) is 0 Å². The molecule has 20 heavy (non-hydrogen) atoms. The Morgan fingerprint density at radius 3 is 2.80 bits per heavy atom. The van der Waals surface area contributed by atoms with Gasteiger partial charge < -0.3 is 5.73 Å². The van der Waals surface area contributed by atoms with Gasteiger partial charge in [-0.1, -0.05) is 24.3 Å². The third-order valence-corrected chi connectivity index (χ3v) is 5.26. The number of benzene rings is 1. The highest BCUT2D eigenvalue weighted by Gasteiger charge is 2.28. The molecule has 0 amide bonds. The smallest absolute Gasteiger partial charge is 0.0502 e. The van der Waals surface area contributed by atoms with Crippen molar-refractivity contribution >= 4 is 11.3 Å². The van der Waals surface area contributed by atoms with Crippen molar-refractivity contribution in [3.63, 3.8) is 0 Å². The van der Waals surface area contributed by atoms with E-state index >= 15 is 0 Å². The number of aryl methyl sites for hydroxylation is 1. The zero-order chi connectivity index (χ0) is 14.1. The summed E-state index contributed by atoms with van der Waals surface area (Å²) in [7, 11) is 0. The predicted octanol–water partition coefficient (Wildman–Crippen LogP) is 3.50. The monoisotopic (exact) mass is 286 g/mol. The third-order valence-electron chi connectivity index (χ3n) is 4.24. The molecular weight excluding hydrogens is 264 g/mol. The van der Waals surface area contributed by atoms with Gasteiger partial charge in [-0.2, -0.15) is 0 Å². The van der Waals surface area contributed by atoms with Gasteiger partial charge in [0, 0.05) is 24.0 Å². The zero-order valence-corrected chi connectivity index (χ0v) is 13.0. The van der Waals surface area contributed by atoms with Crippen molar-refractivity contribution in [1.29, 1.82) is 0 Å². The molecule has 2 aromatic rings. The highest BCUT2D eigenvalue weighted by molar-refractivity contribution is 7.10.